The summed E-state index contributed by atoms with van der Waals surface area (Å²) >= 11 is 0. The van der Waals surface area contributed by atoms with Crippen LogP contribution in [-0.2, 0) is 6.42 Å². The zero-order valence-electron chi connectivity index (χ0n) is 17.0. The molecule has 0 spiro atoms. The van der Waals surface area contributed by atoms with Crippen molar-refractivity contribution >= 4 is 23.4 Å². The lowest BCUT2D eigenvalue weighted by Crippen LogP contribution is -2.31. The van der Waals surface area contributed by atoms with E-state index < -0.39 is 0 Å². The first kappa shape index (κ1) is 19.6. The molecule has 0 N–H and O–H groups in total. The molecule has 0 aromatic heterocycles. The average molecular weight is 398 g/mol. The second kappa shape index (κ2) is 7.95. The molecule has 3 aromatic rings. The lowest BCUT2D eigenvalue weighted by Gasteiger charge is -2.18. The molecule has 3 aromatic carbocycles. The smallest absolute Gasteiger partial charge is 0.261 e. The fraction of sp³-hybridized carbons (Fsp3) is 0.160. The molecule has 0 unspecified atom stereocenters. The Morgan fingerprint density at radius 2 is 1.60 bits per heavy atom. The van der Waals surface area contributed by atoms with Gasteiger partial charge in [0.25, 0.3) is 17.7 Å². The summed E-state index contributed by atoms with van der Waals surface area (Å²) in [6.45, 7) is 2.27. The monoisotopic (exact) mass is 398 g/mol. The summed E-state index contributed by atoms with van der Waals surface area (Å²) in [5.41, 5.74) is 3.90. The van der Waals surface area contributed by atoms with Gasteiger partial charge in [-0.2, -0.15) is 0 Å². The number of imide groups is 1. The summed E-state index contributed by atoms with van der Waals surface area (Å²) < 4.78 is 0. The molecule has 150 valence electrons. The Hall–Kier alpha value is -3.73. The minimum Gasteiger partial charge on any atom is -0.311 e. The second-order valence-electron chi connectivity index (χ2n) is 7.46. The highest BCUT2D eigenvalue weighted by molar-refractivity contribution is 6.22. The topological polar surface area (TPSA) is 57.7 Å². The van der Waals surface area contributed by atoms with Crippen LogP contribution >= 0.6 is 0 Å². The molecule has 5 heteroatoms. The van der Waals surface area contributed by atoms with Gasteiger partial charge in [-0.05, 0) is 54.8 Å². The lowest BCUT2D eigenvalue weighted by atomic mass is 10.0. The minimum atomic E-state index is -0.348. The number of fused-ring (bicyclic) bond motifs is 1. The van der Waals surface area contributed by atoms with E-state index in [4.69, 9.17) is 0 Å². The third kappa shape index (κ3) is 3.62. The second-order valence-corrected chi connectivity index (χ2v) is 7.46. The Morgan fingerprint density at radius 1 is 0.867 bits per heavy atom. The van der Waals surface area contributed by atoms with Crippen LogP contribution in [-0.4, -0.2) is 36.2 Å². The average Bonchev–Trinajstić information content (AvgIpc) is 3.01. The van der Waals surface area contributed by atoms with Gasteiger partial charge in [0.2, 0.25) is 0 Å². The van der Waals surface area contributed by atoms with Gasteiger partial charge in [0.05, 0.1) is 11.1 Å². The summed E-state index contributed by atoms with van der Waals surface area (Å²) in [5, 5.41) is 0. The maximum Gasteiger partial charge on any atom is 0.261 e. The van der Waals surface area contributed by atoms with E-state index in [0.29, 0.717) is 24.1 Å². The summed E-state index contributed by atoms with van der Waals surface area (Å²) in [4.78, 5) is 41.3. The van der Waals surface area contributed by atoms with Crippen LogP contribution in [0.1, 0.15) is 42.2 Å². The summed E-state index contributed by atoms with van der Waals surface area (Å²) in [7, 11) is 1.70. The van der Waals surface area contributed by atoms with Crippen molar-refractivity contribution in [3.63, 3.8) is 0 Å². The lowest BCUT2D eigenvalue weighted by molar-refractivity contribution is 0.0656. The van der Waals surface area contributed by atoms with Gasteiger partial charge in [0.15, 0.2) is 0 Å². The number of carbonyl (C=O) groups is 3. The van der Waals surface area contributed by atoms with Crippen LogP contribution in [0.25, 0.3) is 0 Å². The van der Waals surface area contributed by atoms with E-state index in [-0.39, 0.29) is 23.3 Å². The van der Waals surface area contributed by atoms with Crippen molar-refractivity contribution in [2.45, 2.75) is 13.3 Å². The quantitative estimate of drug-likeness (QED) is 0.608. The van der Waals surface area contributed by atoms with Gasteiger partial charge >= 0.3 is 0 Å². The molecule has 0 bridgehead atoms. The Morgan fingerprint density at radius 3 is 2.33 bits per heavy atom. The van der Waals surface area contributed by atoms with Gasteiger partial charge in [-0.25, -0.2) is 0 Å². The molecule has 0 saturated carbocycles. The van der Waals surface area contributed by atoms with E-state index in [2.05, 4.69) is 0 Å². The van der Waals surface area contributed by atoms with Crippen molar-refractivity contribution in [2.75, 3.05) is 18.5 Å². The molecular weight excluding hydrogens is 376 g/mol. The fourth-order valence-electron chi connectivity index (χ4n) is 3.66. The number of rotatable bonds is 5. The van der Waals surface area contributed by atoms with Gasteiger partial charge < -0.3 is 4.90 Å². The maximum absolute atomic E-state index is 13.0. The molecule has 0 aliphatic carbocycles. The number of hydrogen-bond donors (Lipinski definition) is 0. The number of anilines is 1. The largest absolute Gasteiger partial charge is 0.311 e. The van der Waals surface area contributed by atoms with E-state index in [1.54, 1.807) is 24.1 Å². The van der Waals surface area contributed by atoms with Gasteiger partial charge in [-0.1, -0.05) is 42.5 Å². The highest BCUT2D eigenvalue weighted by atomic mass is 16.2. The van der Waals surface area contributed by atoms with Crippen LogP contribution in [0.3, 0.4) is 0 Å². The van der Waals surface area contributed by atoms with Gasteiger partial charge in [0.1, 0.15) is 0 Å². The molecule has 1 aliphatic heterocycles. The molecule has 0 saturated heterocycles. The SMILES string of the molecule is Cc1cccc(N(C)C(=O)c2ccc3c(c2)C(=O)N(CCc2ccccc2)C3=O)c1. The summed E-state index contributed by atoms with van der Waals surface area (Å²) in [6, 6.07) is 22.1. The molecule has 0 atom stereocenters. The number of carbonyl (C=O) groups excluding carboxylic acids is 3. The summed E-state index contributed by atoms with van der Waals surface area (Å²) in [6.07, 6.45) is 0.591. The Balaban J connectivity index is 1.55. The van der Waals surface area contributed by atoms with Crippen molar-refractivity contribution in [1.29, 1.82) is 0 Å². The van der Waals surface area contributed by atoms with Crippen molar-refractivity contribution in [3.8, 4) is 0 Å². The highest BCUT2D eigenvalue weighted by Gasteiger charge is 2.35. The van der Waals surface area contributed by atoms with E-state index in [9.17, 15) is 14.4 Å². The van der Waals surface area contributed by atoms with Crippen LogP contribution in [0.2, 0.25) is 0 Å². The van der Waals surface area contributed by atoms with Crippen LogP contribution in [0.5, 0.6) is 0 Å². The maximum atomic E-state index is 13.0. The predicted molar refractivity (Wildman–Crippen MR) is 116 cm³/mol. The highest BCUT2D eigenvalue weighted by Crippen LogP contribution is 2.26. The molecule has 3 amide bonds. The van der Waals surface area contributed by atoms with Crippen molar-refractivity contribution in [3.05, 3.63) is 101 Å². The number of aryl methyl sites for hydroxylation is 1. The van der Waals surface area contributed by atoms with Gasteiger partial charge in [-0.3, -0.25) is 19.3 Å². The van der Waals surface area contributed by atoms with Crippen LogP contribution in [0.4, 0.5) is 5.69 Å². The number of hydrogen-bond acceptors (Lipinski definition) is 3. The Bertz CT molecular complexity index is 1140. The third-order valence-corrected chi connectivity index (χ3v) is 5.38. The molecule has 1 heterocycles. The molecule has 30 heavy (non-hydrogen) atoms. The minimum absolute atomic E-state index is 0.230. The van der Waals surface area contributed by atoms with E-state index in [1.807, 2.05) is 61.5 Å². The molecular formula is C25H22N2O3. The predicted octanol–water partition coefficient (Wildman–Crippen LogP) is 4.11. The molecule has 4 rings (SSSR count). The van der Waals surface area contributed by atoms with Gasteiger partial charge in [-0.15, -0.1) is 0 Å². The van der Waals surface area contributed by atoms with Crippen molar-refractivity contribution in [1.82, 2.24) is 4.90 Å². The molecule has 1 aliphatic rings. The standard InChI is InChI=1S/C25H22N2O3/c1-17-7-6-10-20(15-17)26(2)23(28)19-11-12-21-22(16-19)25(30)27(24(21)29)14-13-18-8-4-3-5-9-18/h3-12,15-16H,13-14H2,1-2H3. The van der Waals surface area contributed by atoms with Crippen LogP contribution in [0.15, 0.2) is 72.8 Å². The Kier molecular flexibility index (Phi) is 5.19. The van der Waals surface area contributed by atoms with Crippen LogP contribution in [0, 0.1) is 6.92 Å². The van der Waals surface area contributed by atoms with E-state index in [0.717, 1.165) is 16.8 Å². The first-order chi connectivity index (χ1) is 14.5. The van der Waals surface area contributed by atoms with E-state index in [1.165, 1.54) is 11.0 Å². The number of benzene rings is 3. The number of amides is 3. The molecule has 0 fully saturated rings. The van der Waals surface area contributed by atoms with Crippen molar-refractivity contribution < 1.29 is 14.4 Å². The third-order valence-electron chi connectivity index (χ3n) is 5.38. The normalized spacial score (nSPS) is 12.8. The summed E-state index contributed by atoms with van der Waals surface area (Å²) in [5.74, 6) is -0.887. The van der Waals surface area contributed by atoms with Crippen LogP contribution < -0.4 is 4.90 Å². The van der Waals surface area contributed by atoms with Gasteiger partial charge in [0, 0.05) is 24.8 Å². The van der Waals surface area contributed by atoms with Crippen molar-refractivity contribution in [2.24, 2.45) is 0 Å². The molecule has 0 radical (unpaired) electrons. The molecule has 5 nitrogen and oxygen atoms in total. The zero-order chi connectivity index (χ0) is 21.3. The number of nitrogens with zero attached hydrogens (tertiary/aromatic N) is 2. The first-order valence-electron chi connectivity index (χ1n) is 9.84. The fourth-order valence-corrected chi connectivity index (χ4v) is 3.66. The zero-order valence-corrected chi connectivity index (χ0v) is 17.0. The van der Waals surface area contributed by atoms with E-state index >= 15 is 0 Å². The first-order valence-corrected chi connectivity index (χ1v) is 9.84. The Labute approximate surface area is 175 Å².